The monoisotopic (exact) mass is 358 g/mol. The molecule has 3 aromatic rings. The molecule has 0 aliphatic carbocycles. The van der Waals surface area contributed by atoms with E-state index >= 15 is 0 Å². The molecule has 1 heterocycles. The van der Waals surface area contributed by atoms with E-state index in [4.69, 9.17) is 16.3 Å². The van der Waals surface area contributed by atoms with E-state index in [1.165, 1.54) is 18.2 Å². The van der Waals surface area contributed by atoms with Gasteiger partial charge < -0.3 is 10.1 Å². The summed E-state index contributed by atoms with van der Waals surface area (Å²) in [7, 11) is 0. The number of fused-ring (bicyclic) bond motifs is 1. The Labute approximate surface area is 149 Å². The molecule has 0 atom stereocenters. The summed E-state index contributed by atoms with van der Waals surface area (Å²) >= 11 is 5.87. The third-order valence-corrected chi connectivity index (χ3v) is 3.96. The average Bonchev–Trinajstić information content (AvgIpc) is 2.61. The standard InChI is InChI=1S/C19H16ClFN2O2/c20-14-7-2-8-15(21)17(14)19(24)23-11-4-12-25-16-9-1-5-13-6-3-10-22-18(13)16/h1-3,5-10H,4,11-12H2,(H,23,24). The minimum Gasteiger partial charge on any atom is -0.491 e. The van der Waals surface area contributed by atoms with Crippen LogP contribution in [-0.4, -0.2) is 24.0 Å². The van der Waals surface area contributed by atoms with Gasteiger partial charge in [0.15, 0.2) is 0 Å². The molecule has 0 fully saturated rings. The maximum absolute atomic E-state index is 13.7. The van der Waals surface area contributed by atoms with Crippen LogP contribution < -0.4 is 10.1 Å². The number of para-hydroxylation sites is 1. The highest BCUT2D eigenvalue weighted by Gasteiger charge is 2.14. The lowest BCUT2D eigenvalue weighted by Gasteiger charge is -2.10. The van der Waals surface area contributed by atoms with Gasteiger partial charge in [0.1, 0.15) is 17.1 Å². The highest BCUT2D eigenvalue weighted by Crippen LogP contribution is 2.23. The van der Waals surface area contributed by atoms with Crippen LogP contribution in [0.1, 0.15) is 16.8 Å². The lowest BCUT2D eigenvalue weighted by molar-refractivity contribution is 0.0947. The number of rotatable bonds is 6. The van der Waals surface area contributed by atoms with Crippen LogP contribution in [0.5, 0.6) is 5.75 Å². The van der Waals surface area contributed by atoms with Crippen molar-refractivity contribution in [3.8, 4) is 5.75 Å². The van der Waals surface area contributed by atoms with Crippen molar-refractivity contribution in [3.63, 3.8) is 0 Å². The molecule has 2 aromatic carbocycles. The summed E-state index contributed by atoms with van der Waals surface area (Å²) in [6, 6.07) is 13.7. The number of carbonyl (C=O) groups excluding carboxylic acids is 1. The lowest BCUT2D eigenvalue weighted by atomic mass is 10.2. The Morgan fingerprint density at radius 3 is 2.80 bits per heavy atom. The van der Waals surface area contributed by atoms with E-state index in [0.29, 0.717) is 25.3 Å². The number of benzene rings is 2. The molecule has 0 bridgehead atoms. The van der Waals surface area contributed by atoms with Crippen LogP contribution >= 0.6 is 11.6 Å². The summed E-state index contributed by atoms with van der Waals surface area (Å²) in [6.07, 6.45) is 2.29. The zero-order valence-corrected chi connectivity index (χ0v) is 14.1. The van der Waals surface area contributed by atoms with Gasteiger partial charge in [-0.05, 0) is 30.7 Å². The summed E-state index contributed by atoms with van der Waals surface area (Å²) in [4.78, 5) is 16.3. The van der Waals surface area contributed by atoms with Gasteiger partial charge in [-0.2, -0.15) is 0 Å². The Hall–Kier alpha value is -2.66. The number of pyridine rings is 1. The maximum Gasteiger partial charge on any atom is 0.255 e. The van der Waals surface area contributed by atoms with E-state index in [1.807, 2.05) is 30.3 Å². The first-order chi connectivity index (χ1) is 12.2. The molecule has 0 aliphatic heterocycles. The average molecular weight is 359 g/mol. The zero-order chi connectivity index (χ0) is 17.6. The number of nitrogens with one attached hydrogen (secondary N) is 1. The van der Waals surface area contributed by atoms with Crippen molar-refractivity contribution in [2.45, 2.75) is 6.42 Å². The summed E-state index contributed by atoms with van der Waals surface area (Å²) in [5, 5.41) is 3.74. The molecule has 0 unspecified atom stereocenters. The van der Waals surface area contributed by atoms with E-state index in [2.05, 4.69) is 10.3 Å². The maximum atomic E-state index is 13.7. The molecule has 6 heteroatoms. The van der Waals surface area contributed by atoms with Crippen molar-refractivity contribution >= 4 is 28.4 Å². The first-order valence-corrected chi connectivity index (χ1v) is 8.23. The van der Waals surface area contributed by atoms with Crippen molar-refractivity contribution in [1.82, 2.24) is 10.3 Å². The van der Waals surface area contributed by atoms with Crippen molar-refractivity contribution < 1.29 is 13.9 Å². The second-order valence-corrected chi connectivity index (χ2v) is 5.79. The van der Waals surface area contributed by atoms with E-state index in [0.717, 1.165) is 10.9 Å². The molecular weight excluding hydrogens is 343 g/mol. The minimum absolute atomic E-state index is 0.0931. The van der Waals surface area contributed by atoms with Crippen LogP contribution in [0, 0.1) is 5.82 Å². The van der Waals surface area contributed by atoms with Gasteiger partial charge in [0.25, 0.3) is 5.91 Å². The molecule has 4 nitrogen and oxygen atoms in total. The lowest BCUT2D eigenvalue weighted by Crippen LogP contribution is -2.26. The van der Waals surface area contributed by atoms with Gasteiger partial charge in [-0.3, -0.25) is 9.78 Å². The summed E-state index contributed by atoms with van der Waals surface area (Å²) in [6.45, 7) is 0.753. The van der Waals surface area contributed by atoms with E-state index in [9.17, 15) is 9.18 Å². The van der Waals surface area contributed by atoms with Gasteiger partial charge in [-0.15, -0.1) is 0 Å². The second-order valence-electron chi connectivity index (χ2n) is 5.39. The summed E-state index contributed by atoms with van der Waals surface area (Å²) < 4.78 is 19.4. The molecule has 3 rings (SSSR count). The third-order valence-electron chi connectivity index (χ3n) is 3.65. The fourth-order valence-corrected chi connectivity index (χ4v) is 2.70. The Morgan fingerprint density at radius 2 is 1.96 bits per heavy atom. The smallest absolute Gasteiger partial charge is 0.255 e. The first-order valence-electron chi connectivity index (χ1n) is 7.85. The minimum atomic E-state index is -0.636. The highest BCUT2D eigenvalue weighted by molar-refractivity contribution is 6.33. The second kappa shape index (κ2) is 7.94. The highest BCUT2D eigenvalue weighted by atomic mass is 35.5. The van der Waals surface area contributed by atoms with Crippen molar-refractivity contribution in [3.05, 3.63) is 71.1 Å². The Bertz CT molecular complexity index is 876. The number of amides is 1. The first kappa shape index (κ1) is 17.2. The molecule has 1 aromatic heterocycles. The molecule has 1 amide bonds. The van der Waals surface area contributed by atoms with Gasteiger partial charge in [0, 0.05) is 18.1 Å². The molecule has 0 saturated heterocycles. The van der Waals surface area contributed by atoms with E-state index < -0.39 is 11.7 Å². The van der Waals surface area contributed by atoms with Crippen LogP contribution in [0.4, 0.5) is 4.39 Å². The largest absolute Gasteiger partial charge is 0.491 e. The molecule has 1 N–H and O–H groups in total. The van der Waals surface area contributed by atoms with Gasteiger partial charge in [0.05, 0.1) is 17.2 Å². The fraction of sp³-hybridized carbons (Fsp3) is 0.158. The van der Waals surface area contributed by atoms with Crippen LogP contribution in [-0.2, 0) is 0 Å². The van der Waals surface area contributed by atoms with Crippen molar-refractivity contribution in [1.29, 1.82) is 0 Å². The fourth-order valence-electron chi connectivity index (χ4n) is 2.45. The zero-order valence-electron chi connectivity index (χ0n) is 13.3. The summed E-state index contributed by atoms with van der Waals surface area (Å²) in [5.41, 5.74) is 0.663. The molecule has 0 aliphatic rings. The van der Waals surface area contributed by atoms with E-state index in [1.54, 1.807) is 6.20 Å². The van der Waals surface area contributed by atoms with Crippen LogP contribution in [0.2, 0.25) is 5.02 Å². The van der Waals surface area contributed by atoms with Gasteiger partial charge >= 0.3 is 0 Å². The van der Waals surface area contributed by atoms with E-state index in [-0.39, 0.29) is 10.6 Å². The Morgan fingerprint density at radius 1 is 1.16 bits per heavy atom. The number of aromatic nitrogens is 1. The van der Waals surface area contributed by atoms with Crippen LogP contribution in [0.25, 0.3) is 10.9 Å². The normalized spacial score (nSPS) is 10.6. The molecule has 128 valence electrons. The number of hydrogen-bond acceptors (Lipinski definition) is 3. The number of ether oxygens (including phenoxy) is 1. The number of carbonyl (C=O) groups is 1. The van der Waals surface area contributed by atoms with Gasteiger partial charge in [-0.25, -0.2) is 4.39 Å². The molecular formula is C19H16ClFN2O2. The molecule has 0 saturated carbocycles. The number of hydrogen-bond donors (Lipinski definition) is 1. The Balaban J connectivity index is 1.51. The van der Waals surface area contributed by atoms with Crippen molar-refractivity contribution in [2.24, 2.45) is 0 Å². The third kappa shape index (κ3) is 4.06. The Kier molecular flexibility index (Phi) is 5.46. The number of halogens is 2. The predicted molar refractivity (Wildman–Crippen MR) is 95.6 cm³/mol. The predicted octanol–water partition coefficient (Wildman–Crippen LogP) is 4.23. The van der Waals surface area contributed by atoms with Gasteiger partial charge in [0.2, 0.25) is 0 Å². The number of nitrogens with zero attached hydrogens (tertiary/aromatic N) is 1. The SMILES string of the molecule is O=C(NCCCOc1cccc2cccnc12)c1c(F)cccc1Cl. The molecule has 0 radical (unpaired) electrons. The van der Waals surface area contributed by atoms with Crippen molar-refractivity contribution in [2.75, 3.05) is 13.2 Å². The molecule has 0 spiro atoms. The van der Waals surface area contributed by atoms with Crippen LogP contribution in [0.15, 0.2) is 54.7 Å². The topological polar surface area (TPSA) is 51.2 Å². The quantitative estimate of drug-likeness (QED) is 0.671. The van der Waals surface area contributed by atoms with Crippen LogP contribution in [0.3, 0.4) is 0 Å². The summed E-state index contributed by atoms with van der Waals surface area (Å²) in [5.74, 6) is -0.473. The molecule has 25 heavy (non-hydrogen) atoms. The van der Waals surface area contributed by atoms with Gasteiger partial charge in [-0.1, -0.05) is 35.9 Å².